The predicted octanol–water partition coefficient (Wildman–Crippen LogP) is 2.54. The standard InChI is InChI=1S/C16H20F3N5O2S/c1-11(14(25)21-6-3-9-26-2)27-15-23-22-13(12-4-7-20-8-5-12)24(15)10-16(17,18)19/h4-5,7-8,11H,3,6,9-10H2,1-2H3,(H,21,25). The molecule has 2 aromatic heterocycles. The van der Waals surface area contributed by atoms with Crippen LogP contribution in [-0.4, -0.2) is 57.3 Å². The first-order valence-corrected chi connectivity index (χ1v) is 9.03. The van der Waals surface area contributed by atoms with Crippen LogP contribution in [0.15, 0.2) is 29.7 Å². The molecule has 2 rings (SSSR count). The van der Waals surface area contributed by atoms with Crippen LogP contribution in [0, 0.1) is 0 Å². The van der Waals surface area contributed by atoms with Gasteiger partial charge < -0.3 is 10.1 Å². The van der Waals surface area contributed by atoms with E-state index in [0.29, 0.717) is 25.1 Å². The summed E-state index contributed by atoms with van der Waals surface area (Å²) < 4.78 is 45.0. The first-order valence-electron chi connectivity index (χ1n) is 8.15. The van der Waals surface area contributed by atoms with Crippen LogP contribution in [0.1, 0.15) is 13.3 Å². The van der Waals surface area contributed by atoms with Crippen molar-refractivity contribution < 1.29 is 22.7 Å². The summed E-state index contributed by atoms with van der Waals surface area (Å²) in [5.74, 6) is -0.215. The Balaban J connectivity index is 2.16. The van der Waals surface area contributed by atoms with Crippen LogP contribution < -0.4 is 5.32 Å². The number of halogens is 3. The first kappa shape index (κ1) is 21.2. The molecule has 11 heteroatoms. The molecule has 0 fully saturated rings. The van der Waals surface area contributed by atoms with Gasteiger partial charge in [-0.2, -0.15) is 13.2 Å². The Morgan fingerprint density at radius 1 is 1.33 bits per heavy atom. The minimum Gasteiger partial charge on any atom is -0.385 e. The van der Waals surface area contributed by atoms with Gasteiger partial charge in [-0.3, -0.25) is 14.3 Å². The van der Waals surface area contributed by atoms with Crippen molar-refractivity contribution in [2.24, 2.45) is 0 Å². The third-order valence-corrected chi connectivity index (χ3v) is 4.55. The SMILES string of the molecule is COCCCNC(=O)C(C)Sc1nnc(-c2ccncc2)n1CC(F)(F)F. The van der Waals surface area contributed by atoms with Crippen molar-refractivity contribution in [3.63, 3.8) is 0 Å². The fourth-order valence-electron chi connectivity index (χ4n) is 2.20. The summed E-state index contributed by atoms with van der Waals surface area (Å²) in [6, 6.07) is 3.11. The van der Waals surface area contributed by atoms with Crippen molar-refractivity contribution >= 4 is 17.7 Å². The maximum absolute atomic E-state index is 13.0. The monoisotopic (exact) mass is 403 g/mol. The molecule has 0 aliphatic carbocycles. The van der Waals surface area contributed by atoms with Crippen molar-refractivity contribution in [2.75, 3.05) is 20.3 Å². The van der Waals surface area contributed by atoms with Crippen LogP contribution in [-0.2, 0) is 16.1 Å². The Hall–Kier alpha value is -2.14. The maximum atomic E-state index is 13.0. The molecule has 0 aliphatic rings. The summed E-state index contributed by atoms with van der Waals surface area (Å²) in [7, 11) is 1.56. The lowest BCUT2D eigenvalue weighted by molar-refractivity contribution is -0.141. The van der Waals surface area contributed by atoms with Gasteiger partial charge in [0.15, 0.2) is 11.0 Å². The van der Waals surface area contributed by atoms with E-state index in [9.17, 15) is 18.0 Å². The number of aromatic nitrogens is 4. The van der Waals surface area contributed by atoms with Crippen molar-refractivity contribution in [1.82, 2.24) is 25.1 Å². The second kappa shape index (κ2) is 9.70. The van der Waals surface area contributed by atoms with E-state index >= 15 is 0 Å². The number of alkyl halides is 3. The molecule has 0 aliphatic heterocycles. The topological polar surface area (TPSA) is 81.9 Å². The van der Waals surface area contributed by atoms with E-state index in [4.69, 9.17) is 4.74 Å². The Kier molecular flexibility index (Phi) is 7.60. The number of amides is 1. The molecule has 27 heavy (non-hydrogen) atoms. The van der Waals surface area contributed by atoms with E-state index in [2.05, 4.69) is 20.5 Å². The molecule has 0 radical (unpaired) electrons. The second-order valence-corrected chi connectivity index (χ2v) is 6.95. The molecule has 0 saturated carbocycles. The van der Waals surface area contributed by atoms with Gasteiger partial charge in [0.1, 0.15) is 6.54 Å². The third-order valence-electron chi connectivity index (χ3n) is 3.47. The van der Waals surface area contributed by atoms with Gasteiger partial charge in [0.05, 0.1) is 5.25 Å². The molecule has 2 aromatic rings. The van der Waals surface area contributed by atoms with Gasteiger partial charge in [0.2, 0.25) is 5.91 Å². The number of nitrogens with one attached hydrogen (secondary N) is 1. The van der Waals surface area contributed by atoms with E-state index in [1.165, 1.54) is 12.4 Å². The lowest BCUT2D eigenvalue weighted by Crippen LogP contribution is -2.32. The third kappa shape index (κ3) is 6.51. The van der Waals surface area contributed by atoms with Gasteiger partial charge in [-0.15, -0.1) is 10.2 Å². The van der Waals surface area contributed by atoms with Gasteiger partial charge in [0.25, 0.3) is 0 Å². The number of thioether (sulfide) groups is 1. The molecule has 7 nitrogen and oxygen atoms in total. The van der Waals surface area contributed by atoms with E-state index < -0.39 is 18.0 Å². The summed E-state index contributed by atoms with van der Waals surface area (Å²) in [4.78, 5) is 16.0. The molecule has 0 saturated heterocycles. The van der Waals surface area contributed by atoms with Crippen LogP contribution in [0.5, 0.6) is 0 Å². The number of carbonyl (C=O) groups is 1. The van der Waals surface area contributed by atoms with Crippen LogP contribution in [0.4, 0.5) is 13.2 Å². The molecule has 0 spiro atoms. The summed E-state index contributed by atoms with van der Waals surface area (Å²) in [5, 5.41) is 9.86. The quantitative estimate of drug-likeness (QED) is 0.512. The van der Waals surface area contributed by atoms with Crippen LogP contribution in [0.2, 0.25) is 0 Å². The van der Waals surface area contributed by atoms with Crippen LogP contribution in [0.3, 0.4) is 0 Å². The van der Waals surface area contributed by atoms with Crippen molar-refractivity contribution in [3.8, 4) is 11.4 Å². The number of rotatable bonds is 9. The molecule has 1 atom stereocenters. The highest BCUT2D eigenvalue weighted by Crippen LogP contribution is 2.30. The lowest BCUT2D eigenvalue weighted by Gasteiger charge is -2.15. The number of carbonyl (C=O) groups excluding carboxylic acids is 1. The predicted molar refractivity (Wildman–Crippen MR) is 94.1 cm³/mol. The molecule has 1 amide bonds. The summed E-state index contributed by atoms with van der Waals surface area (Å²) in [6.45, 7) is 1.29. The highest BCUT2D eigenvalue weighted by Gasteiger charge is 2.32. The van der Waals surface area contributed by atoms with Crippen LogP contribution in [0.25, 0.3) is 11.4 Å². The molecule has 0 aromatic carbocycles. The summed E-state index contributed by atoms with van der Waals surface area (Å²) in [6.07, 6.45) is -0.878. The fourth-order valence-corrected chi connectivity index (χ4v) is 3.07. The smallest absolute Gasteiger partial charge is 0.385 e. The molecular formula is C16H20F3N5O2S. The Morgan fingerprint density at radius 2 is 2.04 bits per heavy atom. The van der Waals surface area contributed by atoms with Gasteiger partial charge in [-0.25, -0.2) is 0 Å². The van der Waals surface area contributed by atoms with Gasteiger partial charge >= 0.3 is 6.18 Å². The van der Waals surface area contributed by atoms with E-state index in [1.54, 1.807) is 26.2 Å². The number of ether oxygens (including phenoxy) is 1. The number of nitrogens with zero attached hydrogens (tertiary/aromatic N) is 4. The zero-order valence-electron chi connectivity index (χ0n) is 14.9. The summed E-state index contributed by atoms with van der Waals surface area (Å²) >= 11 is 0.929. The molecule has 1 N–H and O–H groups in total. The molecule has 1 unspecified atom stereocenters. The Labute approximate surface area is 158 Å². The van der Waals surface area contributed by atoms with Gasteiger partial charge in [0, 0.05) is 38.2 Å². The van der Waals surface area contributed by atoms with Crippen LogP contribution >= 0.6 is 11.8 Å². The van der Waals surface area contributed by atoms with E-state index in [1.807, 2.05) is 0 Å². The lowest BCUT2D eigenvalue weighted by atomic mass is 10.2. The fraction of sp³-hybridized carbons (Fsp3) is 0.500. The summed E-state index contributed by atoms with van der Waals surface area (Å²) in [5.41, 5.74) is 0.463. The van der Waals surface area contributed by atoms with Crippen molar-refractivity contribution in [3.05, 3.63) is 24.5 Å². The Bertz CT molecular complexity index is 739. The van der Waals surface area contributed by atoms with Crippen molar-refractivity contribution in [2.45, 2.75) is 36.5 Å². The minimum atomic E-state index is -4.45. The Morgan fingerprint density at radius 3 is 2.67 bits per heavy atom. The molecule has 2 heterocycles. The zero-order chi connectivity index (χ0) is 19.9. The second-order valence-electron chi connectivity index (χ2n) is 5.64. The highest BCUT2D eigenvalue weighted by molar-refractivity contribution is 8.00. The molecule has 0 bridgehead atoms. The number of hydrogen-bond acceptors (Lipinski definition) is 6. The van der Waals surface area contributed by atoms with Gasteiger partial charge in [-0.1, -0.05) is 11.8 Å². The molecular weight excluding hydrogens is 383 g/mol. The normalized spacial score (nSPS) is 12.8. The van der Waals surface area contributed by atoms with E-state index in [0.717, 1.165) is 16.3 Å². The first-order chi connectivity index (χ1) is 12.8. The highest BCUT2D eigenvalue weighted by atomic mass is 32.2. The average Bonchev–Trinajstić information content (AvgIpc) is 3.00. The van der Waals surface area contributed by atoms with E-state index in [-0.39, 0.29) is 16.9 Å². The van der Waals surface area contributed by atoms with Gasteiger partial charge in [-0.05, 0) is 25.5 Å². The number of hydrogen-bond donors (Lipinski definition) is 1. The minimum absolute atomic E-state index is 0.0266. The van der Waals surface area contributed by atoms with Crippen molar-refractivity contribution in [1.29, 1.82) is 0 Å². The number of pyridine rings is 1. The molecule has 148 valence electrons. The number of methoxy groups -OCH3 is 1. The largest absolute Gasteiger partial charge is 0.406 e. The maximum Gasteiger partial charge on any atom is 0.406 e. The average molecular weight is 403 g/mol. The zero-order valence-corrected chi connectivity index (χ0v) is 15.7.